The lowest BCUT2D eigenvalue weighted by Crippen LogP contribution is -2.19. The summed E-state index contributed by atoms with van der Waals surface area (Å²) in [6, 6.07) is 0. The van der Waals surface area contributed by atoms with Crippen LogP contribution in [0.1, 0.15) is 24.7 Å². The number of alkyl halides is 2. The molecule has 1 aromatic heterocycles. The fraction of sp³-hybridized carbons (Fsp3) is 0.556. The Morgan fingerprint density at radius 3 is 2.62 bits per heavy atom. The molecule has 1 heterocycles. The Morgan fingerprint density at radius 1 is 1.62 bits per heavy atom. The average molecular weight is 344 g/mol. The van der Waals surface area contributed by atoms with Crippen LogP contribution >= 0.6 is 22.6 Å². The van der Waals surface area contributed by atoms with Crippen molar-refractivity contribution in [1.82, 2.24) is 9.78 Å². The number of hydrogen-bond acceptors (Lipinski definition) is 2. The van der Waals surface area contributed by atoms with Gasteiger partial charge in [-0.1, -0.05) is 6.92 Å². The third-order valence-corrected chi connectivity index (χ3v) is 3.50. The lowest BCUT2D eigenvalue weighted by molar-refractivity contribution is -0.141. The molecule has 16 heavy (non-hydrogen) atoms. The number of carbonyl (C=O) groups is 1. The van der Waals surface area contributed by atoms with Crippen molar-refractivity contribution in [3.63, 3.8) is 0 Å². The Bertz CT molecular complexity index is 406. The van der Waals surface area contributed by atoms with Crippen LogP contribution in [0.4, 0.5) is 8.78 Å². The van der Waals surface area contributed by atoms with Gasteiger partial charge >= 0.3 is 5.97 Å². The van der Waals surface area contributed by atoms with Gasteiger partial charge in [-0.15, -0.1) is 0 Å². The van der Waals surface area contributed by atoms with E-state index < -0.39 is 18.3 Å². The normalized spacial score (nSPS) is 13.1. The van der Waals surface area contributed by atoms with Crippen LogP contribution in [0.25, 0.3) is 0 Å². The van der Waals surface area contributed by atoms with Gasteiger partial charge in [-0.2, -0.15) is 5.10 Å². The summed E-state index contributed by atoms with van der Waals surface area (Å²) in [5.41, 5.74) is 0.291. The van der Waals surface area contributed by atoms with Gasteiger partial charge in [0.1, 0.15) is 5.69 Å². The van der Waals surface area contributed by atoms with Crippen LogP contribution < -0.4 is 0 Å². The molecule has 0 fully saturated rings. The van der Waals surface area contributed by atoms with Gasteiger partial charge in [0.25, 0.3) is 6.43 Å². The lowest BCUT2D eigenvalue weighted by atomic mass is 10.2. The minimum Gasteiger partial charge on any atom is -0.481 e. The summed E-state index contributed by atoms with van der Waals surface area (Å²) in [4.78, 5) is 10.6. The number of hydrogen-bond donors (Lipinski definition) is 1. The fourth-order valence-electron chi connectivity index (χ4n) is 1.26. The van der Waals surface area contributed by atoms with E-state index in [1.54, 1.807) is 29.5 Å². The minimum absolute atomic E-state index is 0.0428. The van der Waals surface area contributed by atoms with E-state index in [9.17, 15) is 13.6 Å². The monoisotopic (exact) mass is 344 g/mol. The van der Waals surface area contributed by atoms with E-state index in [1.807, 2.05) is 0 Å². The van der Waals surface area contributed by atoms with Gasteiger partial charge in [-0.25, -0.2) is 8.78 Å². The van der Waals surface area contributed by atoms with E-state index in [0.717, 1.165) is 4.68 Å². The first-order valence-electron chi connectivity index (χ1n) is 4.58. The van der Waals surface area contributed by atoms with Crippen molar-refractivity contribution in [3.05, 3.63) is 15.0 Å². The highest BCUT2D eigenvalue weighted by Gasteiger charge is 2.23. The zero-order valence-corrected chi connectivity index (χ0v) is 10.9. The number of nitrogens with zero attached hydrogens (tertiary/aromatic N) is 2. The fourth-order valence-corrected chi connectivity index (χ4v) is 1.88. The molecule has 1 atom stereocenters. The molecule has 0 saturated carbocycles. The summed E-state index contributed by atoms with van der Waals surface area (Å²) in [6.45, 7) is 3.04. The van der Waals surface area contributed by atoms with Gasteiger partial charge in [0.05, 0.1) is 21.7 Å². The third-order valence-electron chi connectivity index (χ3n) is 2.17. The highest BCUT2D eigenvalue weighted by Crippen LogP contribution is 2.27. The van der Waals surface area contributed by atoms with Crippen molar-refractivity contribution in [2.24, 2.45) is 5.92 Å². The molecule has 1 N–H and O–H groups in total. The second-order valence-electron chi connectivity index (χ2n) is 3.51. The Morgan fingerprint density at radius 2 is 2.19 bits per heavy atom. The molecule has 7 heteroatoms. The smallest absolute Gasteiger partial charge is 0.308 e. The van der Waals surface area contributed by atoms with E-state index >= 15 is 0 Å². The van der Waals surface area contributed by atoms with E-state index in [2.05, 4.69) is 5.10 Å². The second-order valence-corrected chi connectivity index (χ2v) is 4.59. The van der Waals surface area contributed by atoms with E-state index in [4.69, 9.17) is 5.11 Å². The van der Waals surface area contributed by atoms with Crippen LogP contribution in [0.15, 0.2) is 0 Å². The molecule has 1 unspecified atom stereocenters. The summed E-state index contributed by atoms with van der Waals surface area (Å²) in [5.74, 6) is -1.77. The molecular weight excluding hydrogens is 333 g/mol. The molecule has 90 valence electrons. The number of halogens is 3. The number of aliphatic carboxylic acids is 1. The van der Waals surface area contributed by atoms with Gasteiger partial charge in [-0.3, -0.25) is 9.48 Å². The molecule has 0 saturated heterocycles. The molecule has 0 aromatic carbocycles. The molecule has 0 spiro atoms. The third kappa shape index (κ3) is 2.69. The van der Waals surface area contributed by atoms with Crippen molar-refractivity contribution in [2.75, 3.05) is 0 Å². The van der Waals surface area contributed by atoms with Crippen LogP contribution in [0.3, 0.4) is 0 Å². The number of carboxylic acid groups (broad SMARTS) is 1. The maximum absolute atomic E-state index is 12.7. The van der Waals surface area contributed by atoms with Crippen LogP contribution in [0.5, 0.6) is 0 Å². The van der Waals surface area contributed by atoms with Crippen LogP contribution in [0, 0.1) is 16.4 Å². The SMILES string of the molecule is Cc1nn(CC(C)C(=O)O)c(C(F)F)c1I. The van der Waals surface area contributed by atoms with Crippen molar-refractivity contribution < 1.29 is 18.7 Å². The van der Waals surface area contributed by atoms with Gasteiger partial charge in [0, 0.05) is 0 Å². The average Bonchev–Trinajstić information content (AvgIpc) is 2.42. The number of carboxylic acids is 1. The minimum atomic E-state index is -2.64. The standard InChI is InChI=1S/C9H11F2IN2O2/c1-4(9(15)16)3-14-7(8(10)11)6(12)5(2)13-14/h4,8H,3H2,1-2H3,(H,15,16). The first kappa shape index (κ1) is 13.3. The molecular formula is C9H11F2IN2O2. The molecule has 0 aliphatic carbocycles. The van der Waals surface area contributed by atoms with Gasteiger partial charge in [0.15, 0.2) is 0 Å². The lowest BCUT2D eigenvalue weighted by Gasteiger charge is -2.09. The highest BCUT2D eigenvalue weighted by molar-refractivity contribution is 14.1. The van der Waals surface area contributed by atoms with Crippen molar-refractivity contribution >= 4 is 28.6 Å². The summed E-state index contributed by atoms with van der Waals surface area (Å²) in [6.07, 6.45) is -2.64. The summed E-state index contributed by atoms with van der Waals surface area (Å²) < 4.78 is 27.0. The molecule has 0 aliphatic heterocycles. The first-order chi connectivity index (χ1) is 7.34. The molecule has 1 rings (SSSR count). The zero-order valence-electron chi connectivity index (χ0n) is 8.75. The maximum Gasteiger partial charge on any atom is 0.308 e. The number of rotatable bonds is 4. The largest absolute Gasteiger partial charge is 0.481 e. The Hall–Kier alpha value is -0.730. The molecule has 1 aromatic rings. The highest BCUT2D eigenvalue weighted by atomic mass is 127. The number of aryl methyl sites for hydroxylation is 1. The summed E-state index contributed by atoms with van der Waals surface area (Å²) in [7, 11) is 0. The van der Waals surface area contributed by atoms with E-state index in [0.29, 0.717) is 9.26 Å². The summed E-state index contributed by atoms with van der Waals surface area (Å²) in [5, 5.41) is 12.6. The Labute approximate surface area is 105 Å². The topological polar surface area (TPSA) is 55.1 Å². The molecule has 0 aliphatic rings. The Kier molecular flexibility index (Phi) is 4.22. The van der Waals surface area contributed by atoms with Crippen molar-refractivity contribution in [2.45, 2.75) is 26.8 Å². The summed E-state index contributed by atoms with van der Waals surface area (Å²) >= 11 is 1.79. The van der Waals surface area contributed by atoms with Crippen LogP contribution in [-0.4, -0.2) is 20.9 Å². The quantitative estimate of drug-likeness (QED) is 0.854. The van der Waals surface area contributed by atoms with Gasteiger partial charge in [-0.05, 0) is 29.5 Å². The predicted molar refractivity (Wildman–Crippen MR) is 61.4 cm³/mol. The second kappa shape index (κ2) is 5.07. The Balaban J connectivity index is 3.04. The predicted octanol–water partition coefficient (Wildman–Crippen LogP) is 2.45. The van der Waals surface area contributed by atoms with E-state index in [-0.39, 0.29) is 12.2 Å². The molecule has 0 amide bonds. The zero-order chi connectivity index (χ0) is 12.5. The first-order valence-corrected chi connectivity index (χ1v) is 5.66. The molecule has 0 radical (unpaired) electrons. The van der Waals surface area contributed by atoms with Gasteiger partial charge in [0.2, 0.25) is 0 Å². The molecule has 0 bridgehead atoms. The maximum atomic E-state index is 12.7. The van der Waals surface area contributed by atoms with Crippen molar-refractivity contribution in [1.29, 1.82) is 0 Å². The van der Waals surface area contributed by atoms with Gasteiger partial charge < -0.3 is 5.11 Å². The number of aromatic nitrogens is 2. The van der Waals surface area contributed by atoms with Crippen LogP contribution in [0.2, 0.25) is 0 Å². The van der Waals surface area contributed by atoms with Crippen molar-refractivity contribution in [3.8, 4) is 0 Å². The molecule has 4 nitrogen and oxygen atoms in total. The van der Waals surface area contributed by atoms with E-state index in [1.165, 1.54) is 6.92 Å². The van der Waals surface area contributed by atoms with Crippen LogP contribution in [-0.2, 0) is 11.3 Å².